The van der Waals surface area contributed by atoms with E-state index in [4.69, 9.17) is 4.74 Å². The number of hydrogen-bond acceptors (Lipinski definition) is 5. The van der Waals surface area contributed by atoms with Crippen molar-refractivity contribution in [2.75, 3.05) is 6.61 Å². The molecule has 0 aliphatic heterocycles. The Kier molecular flexibility index (Phi) is 7.96. The number of hydrogen-bond donors (Lipinski definition) is 3. The van der Waals surface area contributed by atoms with Crippen LogP contribution in [0.25, 0.3) is 0 Å². The van der Waals surface area contributed by atoms with Crippen LogP contribution in [-0.4, -0.2) is 42.0 Å². The first-order valence-corrected chi connectivity index (χ1v) is 8.64. The van der Waals surface area contributed by atoms with Crippen LogP contribution in [0.1, 0.15) is 45.0 Å². The van der Waals surface area contributed by atoms with E-state index in [1.165, 1.54) is 0 Å². The first kappa shape index (κ1) is 22.1. The van der Waals surface area contributed by atoms with Gasteiger partial charge in [0.1, 0.15) is 6.04 Å². The first-order chi connectivity index (χ1) is 12.5. The third kappa shape index (κ3) is 8.35. The fraction of sp³-hybridized carbons (Fsp3) is 0.474. The molecule has 148 valence electrons. The molecule has 0 heterocycles. The van der Waals surface area contributed by atoms with Crippen molar-refractivity contribution in [3.8, 4) is 0 Å². The minimum atomic E-state index is -0.922. The molecular formula is C19H27N3O5. The Labute approximate surface area is 159 Å². The summed E-state index contributed by atoms with van der Waals surface area (Å²) in [7, 11) is 0. The number of rotatable bonds is 6. The maximum Gasteiger partial charge on any atom is 0.329 e. The van der Waals surface area contributed by atoms with Crippen LogP contribution in [0.15, 0.2) is 30.3 Å². The first-order valence-electron chi connectivity index (χ1n) is 8.64. The van der Waals surface area contributed by atoms with Crippen LogP contribution in [0.2, 0.25) is 0 Å². The number of carbonyl (C=O) groups is 4. The maximum atomic E-state index is 12.3. The zero-order chi connectivity index (χ0) is 20.6. The van der Waals surface area contributed by atoms with E-state index in [2.05, 4.69) is 16.0 Å². The molecule has 8 nitrogen and oxygen atoms in total. The van der Waals surface area contributed by atoms with Crippen LogP contribution in [0, 0.1) is 5.92 Å². The van der Waals surface area contributed by atoms with Gasteiger partial charge < -0.3 is 15.4 Å². The molecular weight excluding hydrogens is 350 g/mol. The highest BCUT2D eigenvalue weighted by Gasteiger charge is 2.27. The second-order valence-corrected chi connectivity index (χ2v) is 7.42. The highest BCUT2D eigenvalue weighted by Crippen LogP contribution is 2.07. The molecule has 0 aliphatic carbocycles. The minimum Gasteiger partial charge on any atom is -0.454 e. The van der Waals surface area contributed by atoms with Gasteiger partial charge in [-0.1, -0.05) is 32.0 Å². The van der Waals surface area contributed by atoms with E-state index < -0.39 is 42.0 Å². The normalized spacial score (nSPS) is 12.1. The molecule has 27 heavy (non-hydrogen) atoms. The van der Waals surface area contributed by atoms with Crippen LogP contribution < -0.4 is 16.0 Å². The van der Waals surface area contributed by atoms with E-state index >= 15 is 0 Å². The lowest BCUT2D eigenvalue weighted by Crippen LogP contribution is -2.50. The van der Waals surface area contributed by atoms with E-state index in [-0.39, 0.29) is 5.92 Å². The van der Waals surface area contributed by atoms with Crippen LogP contribution >= 0.6 is 0 Å². The summed E-state index contributed by atoms with van der Waals surface area (Å²) >= 11 is 0. The monoisotopic (exact) mass is 377 g/mol. The second kappa shape index (κ2) is 9.70. The number of esters is 1. The molecule has 8 heteroatoms. The van der Waals surface area contributed by atoms with Crippen molar-refractivity contribution < 1.29 is 23.9 Å². The summed E-state index contributed by atoms with van der Waals surface area (Å²) in [6.07, 6.45) is 0. The topological polar surface area (TPSA) is 114 Å². The SMILES string of the molecule is CC(C)[C@@H](NC(=O)c1ccccc1)C(=O)OCC(=O)NC(=O)NC(C)(C)C. The van der Waals surface area contributed by atoms with Crippen LogP contribution in [-0.2, 0) is 14.3 Å². The lowest BCUT2D eigenvalue weighted by molar-refractivity contribution is -0.151. The highest BCUT2D eigenvalue weighted by molar-refractivity contribution is 5.98. The van der Waals surface area contributed by atoms with Gasteiger partial charge in [-0.3, -0.25) is 14.9 Å². The molecule has 0 fully saturated rings. The minimum absolute atomic E-state index is 0.252. The quantitative estimate of drug-likeness (QED) is 0.652. The molecule has 0 saturated heterocycles. The summed E-state index contributed by atoms with van der Waals surface area (Å²) in [6, 6.07) is 6.85. The average Bonchev–Trinajstić information content (AvgIpc) is 2.56. The average molecular weight is 377 g/mol. The summed E-state index contributed by atoms with van der Waals surface area (Å²) in [6.45, 7) is 8.15. The summed E-state index contributed by atoms with van der Waals surface area (Å²) in [4.78, 5) is 47.8. The fourth-order valence-corrected chi connectivity index (χ4v) is 2.07. The molecule has 0 unspecified atom stereocenters. The molecule has 1 rings (SSSR count). The molecule has 0 saturated carbocycles. The molecule has 1 atom stereocenters. The highest BCUT2D eigenvalue weighted by atomic mass is 16.5. The van der Waals surface area contributed by atoms with Crippen molar-refractivity contribution in [3.63, 3.8) is 0 Å². The zero-order valence-electron chi connectivity index (χ0n) is 16.3. The van der Waals surface area contributed by atoms with Crippen LogP contribution in [0.3, 0.4) is 0 Å². The summed E-state index contributed by atoms with van der Waals surface area (Å²) in [5, 5.41) is 7.23. The molecule has 3 N–H and O–H groups in total. The Hall–Kier alpha value is -2.90. The van der Waals surface area contributed by atoms with Gasteiger partial charge in [0.2, 0.25) is 0 Å². The lowest BCUT2D eigenvalue weighted by Gasteiger charge is -2.21. The number of urea groups is 1. The molecule has 1 aromatic carbocycles. The predicted octanol–water partition coefficient (Wildman–Crippen LogP) is 1.61. The summed E-state index contributed by atoms with van der Waals surface area (Å²) in [5.41, 5.74) is -0.0987. The maximum absolute atomic E-state index is 12.3. The summed E-state index contributed by atoms with van der Waals surface area (Å²) < 4.78 is 4.95. The lowest BCUT2D eigenvalue weighted by atomic mass is 10.0. The van der Waals surface area contributed by atoms with Gasteiger partial charge in [0.05, 0.1) is 0 Å². The smallest absolute Gasteiger partial charge is 0.329 e. The third-order valence-corrected chi connectivity index (χ3v) is 3.33. The number of imide groups is 1. The Morgan fingerprint density at radius 3 is 2.15 bits per heavy atom. The van der Waals surface area contributed by atoms with E-state index in [0.717, 1.165) is 0 Å². The predicted molar refractivity (Wildman–Crippen MR) is 99.9 cm³/mol. The van der Waals surface area contributed by atoms with Gasteiger partial charge in [-0.25, -0.2) is 9.59 Å². The largest absolute Gasteiger partial charge is 0.454 e. The number of ether oxygens (including phenoxy) is 1. The molecule has 0 radical (unpaired) electrons. The molecule has 0 bridgehead atoms. The van der Waals surface area contributed by atoms with Crippen molar-refractivity contribution in [1.29, 1.82) is 0 Å². The van der Waals surface area contributed by atoms with E-state index in [0.29, 0.717) is 5.56 Å². The Morgan fingerprint density at radius 2 is 1.63 bits per heavy atom. The second-order valence-electron chi connectivity index (χ2n) is 7.42. The van der Waals surface area contributed by atoms with Crippen molar-refractivity contribution in [2.45, 2.75) is 46.2 Å². The van der Waals surface area contributed by atoms with Gasteiger partial charge >= 0.3 is 12.0 Å². The van der Waals surface area contributed by atoms with E-state index in [1.807, 2.05) is 0 Å². The Morgan fingerprint density at radius 1 is 1.04 bits per heavy atom. The zero-order valence-corrected chi connectivity index (χ0v) is 16.3. The van der Waals surface area contributed by atoms with Gasteiger partial charge in [0, 0.05) is 11.1 Å². The van der Waals surface area contributed by atoms with Gasteiger partial charge in [-0.15, -0.1) is 0 Å². The van der Waals surface area contributed by atoms with Gasteiger partial charge in [0.15, 0.2) is 6.61 Å². The van der Waals surface area contributed by atoms with Crippen molar-refractivity contribution in [1.82, 2.24) is 16.0 Å². The van der Waals surface area contributed by atoms with Crippen molar-refractivity contribution in [3.05, 3.63) is 35.9 Å². The van der Waals surface area contributed by atoms with Gasteiger partial charge in [-0.2, -0.15) is 0 Å². The molecule has 1 aromatic rings. The molecule has 4 amide bonds. The van der Waals surface area contributed by atoms with Crippen molar-refractivity contribution in [2.24, 2.45) is 5.92 Å². The van der Waals surface area contributed by atoms with Crippen LogP contribution in [0.4, 0.5) is 4.79 Å². The standard InChI is InChI=1S/C19H27N3O5/c1-12(2)15(21-16(24)13-9-7-6-8-10-13)17(25)27-11-14(23)20-18(26)22-19(3,4)5/h6-10,12,15H,11H2,1-5H3,(H,21,24)(H2,20,22,23,26)/t15-/m1/s1. The molecule has 0 aromatic heterocycles. The fourth-order valence-electron chi connectivity index (χ4n) is 2.07. The molecule has 0 spiro atoms. The van der Waals surface area contributed by atoms with Gasteiger partial charge in [0.25, 0.3) is 11.8 Å². The Bertz CT molecular complexity index is 680. The van der Waals surface area contributed by atoms with E-state index in [1.54, 1.807) is 65.0 Å². The summed E-state index contributed by atoms with van der Waals surface area (Å²) in [5.74, 6) is -2.18. The van der Waals surface area contributed by atoms with E-state index in [9.17, 15) is 19.2 Å². The number of nitrogens with one attached hydrogen (secondary N) is 3. The third-order valence-electron chi connectivity index (χ3n) is 3.33. The van der Waals surface area contributed by atoms with Gasteiger partial charge in [-0.05, 0) is 38.8 Å². The Balaban J connectivity index is 2.57. The number of benzene rings is 1. The number of carbonyl (C=O) groups excluding carboxylic acids is 4. The number of amides is 4. The molecule has 0 aliphatic rings. The van der Waals surface area contributed by atoms with Crippen molar-refractivity contribution >= 4 is 23.8 Å². The van der Waals surface area contributed by atoms with Crippen LogP contribution in [0.5, 0.6) is 0 Å².